The van der Waals surface area contributed by atoms with Crippen molar-refractivity contribution in [1.29, 1.82) is 0 Å². The van der Waals surface area contributed by atoms with E-state index in [2.05, 4.69) is 58.7 Å². The van der Waals surface area contributed by atoms with Crippen molar-refractivity contribution < 1.29 is 0 Å². The average molecular weight is 448 g/mol. The molecule has 0 saturated carbocycles. The van der Waals surface area contributed by atoms with Crippen LogP contribution in [-0.4, -0.2) is 15.0 Å². The first-order chi connectivity index (χ1) is 15.0. The Morgan fingerprint density at radius 1 is 1.10 bits per heavy atom. The Morgan fingerprint density at radius 2 is 1.90 bits per heavy atom. The van der Waals surface area contributed by atoms with Crippen LogP contribution in [0, 0.1) is 6.92 Å². The number of pyridine rings is 1. The second-order valence-corrected chi connectivity index (χ2v) is 9.15. The van der Waals surface area contributed by atoms with Crippen molar-refractivity contribution in [3.8, 4) is 0 Å². The number of aromatic nitrogens is 1. The molecule has 31 heavy (non-hydrogen) atoms. The van der Waals surface area contributed by atoms with Gasteiger partial charge in [0.2, 0.25) is 0 Å². The first-order valence-corrected chi connectivity index (χ1v) is 11.5. The number of thiocarbonyl (C=S) groups is 1. The fourth-order valence-corrected chi connectivity index (χ4v) is 4.61. The zero-order chi connectivity index (χ0) is 21.8. The summed E-state index contributed by atoms with van der Waals surface area (Å²) in [5, 5.41) is 7.16. The molecule has 4 aromatic rings. The van der Waals surface area contributed by atoms with E-state index in [1.807, 2.05) is 42.5 Å². The predicted molar refractivity (Wildman–Crippen MR) is 133 cm³/mol. The summed E-state index contributed by atoms with van der Waals surface area (Å²) in [6.45, 7) is 5.23. The highest BCUT2D eigenvalue weighted by Crippen LogP contribution is 2.18. The van der Waals surface area contributed by atoms with Gasteiger partial charge in [-0.2, -0.15) is 0 Å². The van der Waals surface area contributed by atoms with Crippen LogP contribution in [0.2, 0.25) is 0 Å². The van der Waals surface area contributed by atoms with Crippen molar-refractivity contribution >= 4 is 39.6 Å². The predicted octanol–water partition coefficient (Wildman–Crippen LogP) is 5.54. The summed E-state index contributed by atoms with van der Waals surface area (Å²) in [6, 6.07) is 22.4. The Bertz CT molecular complexity index is 1230. The molecule has 0 unspecified atom stereocenters. The largest absolute Gasteiger partial charge is 0.356 e. The molecule has 0 bridgehead atoms. The van der Waals surface area contributed by atoms with Gasteiger partial charge in [-0.25, -0.2) is 0 Å². The van der Waals surface area contributed by atoms with Crippen molar-refractivity contribution in [1.82, 2.24) is 15.2 Å². The number of aromatic amines is 1. The van der Waals surface area contributed by atoms with Gasteiger partial charge in [-0.15, -0.1) is 11.3 Å². The highest BCUT2D eigenvalue weighted by Gasteiger charge is 2.17. The molecule has 4 rings (SSSR count). The van der Waals surface area contributed by atoms with Gasteiger partial charge >= 0.3 is 0 Å². The lowest BCUT2D eigenvalue weighted by Crippen LogP contribution is -2.40. The van der Waals surface area contributed by atoms with E-state index in [4.69, 9.17) is 12.2 Å². The molecule has 0 spiro atoms. The average Bonchev–Trinajstić information content (AvgIpc) is 3.27. The lowest BCUT2D eigenvalue weighted by molar-refractivity contribution is 0.395. The van der Waals surface area contributed by atoms with E-state index in [1.54, 1.807) is 11.3 Å². The van der Waals surface area contributed by atoms with Gasteiger partial charge < -0.3 is 15.2 Å². The van der Waals surface area contributed by atoms with Crippen LogP contribution in [0.5, 0.6) is 0 Å². The number of aryl methyl sites for hydroxylation is 1. The molecule has 0 amide bonds. The van der Waals surface area contributed by atoms with Crippen molar-refractivity contribution in [3.05, 3.63) is 104 Å². The molecule has 0 fully saturated rings. The summed E-state index contributed by atoms with van der Waals surface area (Å²) in [6.07, 6.45) is 0. The molecule has 0 aliphatic heterocycles. The SMILES string of the molecule is Cc1ccc2[nH]c(=O)c(CN(Cc3cccs3)C(=S)N[C@@H](C)c3ccccc3)cc2c1. The third-order valence-corrected chi connectivity index (χ3v) is 6.53. The van der Waals surface area contributed by atoms with Gasteiger partial charge in [0.25, 0.3) is 5.56 Å². The number of hydrogen-bond donors (Lipinski definition) is 2. The van der Waals surface area contributed by atoms with E-state index in [-0.39, 0.29) is 11.6 Å². The minimum Gasteiger partial charge on any atom is -0.356 e. The van der Waals surface area contributed by atoms with Crippen LogP contribution in [0.3, 0.4) is 0 Å². The zero-order valence-electron chi connectivity index (χ0n) is 17.6. The number of benzene rings is 2. The van der Waals surface area contributed by atoms with Crippen LogP contribution in [-0.2, 0) is 13.1 Å². The van der Waals surface area contributed by atoms with E-state index in [0.717, 1.165) is 16.5 Å². The summed E-state index contributed by atoms with van der Waals surface area (Å²) in [5.74, 6) is 0. The third-order valence-electron chi connectivity index (χ3n) is 5.29. The molecule has 0 radical (unpaired) electrons. The number of hydrogen-bond acceptors (Lipinski definition) is 3. The molecule has 0 saturated heterocycles. The highest BCUT2D eigenvalue weighted by atomic mass is 32.1. The summed E-state index contributed by atoms with van der Waals surface area (Å²) < 4.78 is 0. The summed E-state index contributed by atoms with van der Waals surface area (Å²) in [5.41, 5.74) is 3.80. The van der Waals surface area contributed by atoms with E-state index in [0.29, 0.717) is 23.8 Å². The van der Waals surface area contributed by atoms with Gasteiger partial charge in [0.1, 0.15) is 0 Å². The monoisotopic (exact) mass is 447 g/mol. The molecule has 2 N–H and O–H groups in total. The maximum absolute atomic E-state index is 12.8. The second kappa shape index (κ2) is 9.45. The number of nitrogens with one attached hydrogen (secondary N) is 2. The molecule has 0 aliphatic rings. The Hall–Kier alpha value is -2.96. The number of nitrogens with zero attached hydrogens (tertiary/aromatic N) is 1. The van der Waals surface area contributed by atoms with Gasteiger partial charge in [-0.1, -0.05) is 48.0 Å². The fraction of sp³-hybridized carbons (Fsp3) is 0.200. The van der Waals surface area contributed by atoms with Crippen LogP contribution >= 0.6 is 23.6 Å². The second-order valence-electron chi connectivity index (χ2n) is 7.73. The molecule has 2 aromatic heterocycles. The maximum atomic E-state index is 12.8. The molecule has 0 aliphatic carbocycles. The van der Waals surface area contributed by atoms with Gasteiger partial charge in [0.05, 0.1) is 19.1 Å². The zero-order valence-corrected chi connectivity index (χ0v) is 19.2. The molecule has 2 aromatic carbocycles. The Labute approximate surface area is 191 Å². The third kappa shape index (κ3) is 5.21. The van der Waals surface area contributed by atoms with Crippen molar-refractivity contribution in [3.63, 3.8) is 0 Å². The number of thiophene rings is 1. The molecule has 6 heteroatoms. The maximum Gasteiger partial charge on any atom is 0.253 e. The van der Waals surface area contributed by atoms with Crippen LogP contribution in [0.15, 0.2) is 76.9 Å². The first kappa shape index (κ1) is 21.3. The van der Waals surface area contributed by atoms with Gasteiger partial charge in [0.15, 0.2) is 5.11 Å². The van der Waals surface area contributed by atoms with Gasteiger partial charge in [-0.3, -0.25) is 4.79 Å². The normalized spacial score (nSPS) is 11.9. The number of H-pyrrole nitrogens is 1. The van der Waals surface area contributed by atoms with Crippen LogP contribution < -0.4 is 10.9 Å². The van der Waals surface area contributed by atoms with E-state index < -0.39 is 0 Å². The van der Waals surface area contributed by atoms with Crippen molar-refractivity contribution in [2.75, 3.05) is 0 Å². The minimum atomic E-state index is -0.0774. The summed E-state index contributed by atoms with van der Waals surface area (Å²) in [7, 11) is 0. The van der Waals surface area contributed by atoms with E-state index in [1.165, 1.54) is 10.4 Å². The Kier molecular flexibility index (Phi) is 6.49. The van der Waals surface area contributed by atoms with E-state index in [9.17, 15) is 4.79 Å². The number of fused-ring (bicyclic) bond motifs is 1. The first-order valence-electron chi connectivity index (χ1n) is 10.2. The van der Waals surface area contributed by atoms with Crippen molar-refractivity contribution in [2.24, 2.45) is 0 Å². The van der Waals surface area contributed by atoms with Crippen LogP contribution in [0.25, 0.3) is 10.9 Å². The summed E-state index contributed by atoms with van der Waals surface area (Å²) >= 11 is 7.48. The molecular weight excluding hydrogens is 422 g/mol. The van der Waals surface area contributed by atoms with Gasteiger partial charge in [0, 0.05) is 16.0 Å². The lowest BCUT2D eigenvalue weighted by atomic mass is 10.1. The minimum absolute atomic E-state index is 0.0667. The molecule has 4 nitrogen and oxygen atoms in total. The van der Waals surface area contributed by atoms with Gasteiger partial charge in [-0.05, 0) is 66.7 Å². The number of rotatable bonds is 6. The molecule has 1 atom stereocenters. The van der Waals surface area contributed by atoms with E-state index >= 15 is 0 Å². The molecular formula is C25H25N3OS2. The smallest absolute Gasteiger partial charge is 0.253 e. The van der Waals surface area contributed by atoms with Crippen LogP contribution in [0.1, 0.15) is 34.5 Å². The standard InChI is InChI=1S/C25H25N3OS2/c1-17-10-11-23-20(13-17)14-21(24(29)27-23)15-28(16-22-9-6-12-31-22)25(30)26-18(2)19-7-4-3-5-8-19/h3-14,18H,15-16H2,1-2H3,(H,26,30)(H,27,29)/t18-/m0/s1. The molecule has 2 heterocycles. The Balaban J connectivity index is 1.60. The fourth-order valence-electron chi connectivity index (χ4n) is 3.59. The topological polar surface area (TPSA) is 48.1 Å². The Morgan fingerprint density at radius 3 is 2.65 bits per heavy atom. The quantitative estimate of drug-likeness (QED) is 0.381. The van der Waals surface area contributed by atoms with Crippen molar-refractivity contribution in [2.45, 2.75) is 33.0 Å². The van der Waals surface area contributed by atoms with Crippen LogP contribution in [0.4, 0.5) is 0 Å². The highest BCUT2D eigenvalue weighted by molar-refractivity contribution is 7.80. The lowest BCUT2D eigenvalue weighted by Gasteiger charge is -2.28. The summed E-state index contributed by atoms with van der Waals surface area (Å²) in [4.78, 5) is 19.1. The molecule has 158 valence electrons.